The van der Waals surface area contributed by atoms with Crippen LogP contribution >= 0.6 is 27.7 Å². The van der Waals surface area contributed by atoms with Crippen LogP contribution in [0.1, 0.15) is 30.8 Å². The second-order valence-electron chi connectivity index (χ2n) is 6.61. The van der Waals surface area contributed by atoms with Crippen LogP contribution in [-0.4, -0.2) is 25.8 Å². The number of halogens is 3. The van der Waals surface area contributed by atoms with Crippen LogP contribution in [0.2, 0.25) is 0 Å². The Morgan fingerprint density at radius 3 is 2.47 bits per heavy atom. The van der Waals surface area contributed by atoms with Gasteiger partial charge in [0, 0.05) is 16.6 Å². The molecule has 0 fully saturated rings. The second kappa shape index (κ2) is 8.69. The van der Waals surface area contributed by atoms with Crippen LogP contribution in [-0.2, 0) is 0 Å². The van der Waals surface area contributed by atoms with Crippen LogP contribution in [0.25, 0.3) is 16.9 Å². The minimum absolute atomic E-state index is 0.0374. The van der Waals surface area contributed by atoms with Gasteiger partial charge in [-0.25, -0.2) is 23.7 Å². The van der Waals surface area contributed by atoms with Gasteiger partial charge in [-0.3, -0.25) is 4.57 Å². The lowest BCUT2D eigenvalue weighted by Gasteiger charge is -2.17. The summed E-state index contributed by atoms with van der Waals surface area (Å²) in [5.74, 6) is 0.565. The van der Waals surface area contributed by atoms with Crippen molar-refractivity contribution in [2.75, 3.05) is 11.6 Å². The number of benzene rings is 2. The van der Waals surface area contributed by atoms with E-state index in [0.29, 0.717) is 27.8 Å². The molecule has 2 aromatic carbocycles. The smallest absolute Gasteiger partial charge is 0.296 e. The van der Waals surface area contributed by atoms with E-state index in [1.807, 2.05) is 37.4 Å². The van der Waals surface area contributed by atoms with Crippen molar-refractivity contribution in [3.05, 3.63) is 70.5 Å². The fourth-order valence-corrected chi connectivity index (χ4v) is 3.82. The van der Waals surface area contributed by atoms with Crippen molar-refractivity contribution in [3.63, 3.8) is 0 Å². The minimum atomic E-state index is -2.73. The average molecular weight is 490 g/mol. The van der Waals surface area contributed by atoms with E-state index in [4.69, 9.17) is 0 Å². The van der Waals surface area contributed by atoms with Gasteiger partial charge in [-0.05, 0) is 43.0 Å². The largest absolute Gasteiger partial charge is 0.363 e. The van der Waals surface area contributed by atoms with Crippen LogP contribution in [0.3, 0.4) is 0 Å². The Morgan fingerprint density at radius 2 is 1.77 bits per heavy atom. The van der Waals surface area contributed by atoms with E-state index in [9.17, 15) is 8.78 Å². The predicted molar refractivity (Wildman–Crippen MR) is 120 cm³/mol. The number of thioether (sulfide) groups is 1. The molecule has 1 unspecified atom stereocenters. The Hall–Kier alpha value is -2.52. The summed E-state index contributed by atoms with van der Waals surface area (Å²) in [6.07, 6.45) is -0.885. The topological polar surface area (TPSA) is 55.6 Å². The van der Waals surface area contributed by atoms with Gasteiger partial charge in [-0.2, -0.15) is 0 Å². The number of aromatic nitrogens is 4. The summed E-state index contributed by atoms with van der Waals surface area (Å²) in [7, 11) is 0. The molecule has 2 aromatic heterocycles. The highest BCUT2D eigenvalue weighted by molar-refractivity contribution is 9.10. The van der Waals surface area contributed by atoms with E-state index in [-0.39, 0.29) is 11.9 Å². The summed E-state index contributed by atoms with van der Waals surface area (Å²) in [4.78, 5) is 13.1. The summed E-state index contributed by atoms with van der Waals surface area (Å²) in [6.45, 7) is 2.01. The van der Waals surface area contributed by atoms with E-state index in [2.05, 4.69) is 36.2 Å². The summed E-state index contributed by atoms with van der Waals surface area (Å²) in [5, 5.41) is 3.83. The van der Waals surface area contributed by atoms with Gasteiger partial charge < -0.3 is 5.32 Å². The van der Waals surface area contributed by atoms with Crippen molar-refractivity contribution in [2.45, 2.75) is 24.5 Å². The van der Waals surface area contributed by atoms with Gasteiger partial charge in [0.2, 0.25) is 0 Å². The van der Waals surface area contributed by atoms with Gasteiger partial charge in [-0.1, -0.05) is 52.0 Å². The molecule has 5 nitrogen and oxygen atoms in total. The number of hydrogen-bond acceptors (Lipinski definition) is 5. The third kappa shape index (κ3) is 4.17. The second-order valence-corrected chi connectivity index (χ2v) is 8.30. The molecule has 154 valence electrons. The third-order valence-corrected chi connectivity index (χ3v) is 5.70. The van der Waals surface area contributed by atoms with E-state index in [0.717, 1.165) is 10.0 Å². The van der Waals surface area contributed by atoms with E-state index >= 15 is 0 Å². The van der Waals surface area contributed by atoms with Gasteiger partial charge >= 0.3 is 0 Å². The molecule has 4 rings (SSSR count). The van der Waals surface area contributed by atoms with Crippen molar-refractivity contribution in [2.24, 2.45) is 0 Å². The van der Waals surface area contributed by atoms with Gasteiger partial charge in [-0.15, -0.1) is 0 Å². The van der Waals surface area contributed by atoms with Crippen molar-refractivity contribution in [1.29, 1.82) is 0 Å². The zero-order valence-corrected chi connectivity index (χ0v) is 18.6. The maximum atomic E-state index is 13.7. The highest BCUT2D eigenvalue weighted by Gasteiger charge is 2.22. The van der Waals surface area contributed by atoms with Gasteiger partial charge in [0.25, 0.3) is 6.43 Å². The Balaban J connectivity index is 1.78. The molecular weight excluding hydrogens is 472 g/mol. The molecule has 0 spiro atoms. The quantitative estimate of drug-likeness (QED) is 0.250. The van der Waals surface area contributed by atoms with Crippen molar-refractivity contribution < 1.29 is 8.78 Å². The van der Waals surface area contributed by atoms with E-state index < -0.39 is 6.43 Å². The standard InChI is InChI=1S/C21H18BrF2N5S/c1-12(13-7-9-14(22)10-8-13)25-17-11-18(28-21(27-17)30-2)29-16-6-4-3-5-15(16)26-20(29)19(23)24/h3-12,19H,1-2H3,(H,25,27,28). The summed E-state index contributed by atoms with van der Waals surface area (Å²) >= 11 is 4.79. The molecule has 30 heavy (non-hydrogen) atoms. The molecular formula is C21H18BrF2N5S. The normalized spacial score (nSPS) is 12.5. The number of para-hydroxylation sites is 2. The zero-order chi connectivity index (χ0) is 21.3. The first-order valence-corrected chi connectivity index (χ1v) is 11.2. The minimum Gasteiger partial charge on any atom is -0.363 e. The Morgan fingerprint density at radius 1 is 1.03 bits per heavy atom. The Bertz CT molecular complexity index is 1180. The SMILES string of the molecule is CSc1nc(NC(C)c2ccc(Br)cc2)cc(-n2c(C(F)F)nc3ccccc32)n1. The maximum Gasteiger partial charge on any atom is 0.296 e. The summed E-state index contributed by atoms with van der Waals surface area (Å²) in [6, 6.07) is 16.6. The monoisotopic (exact) mass is 489 g/mol. The summed E-state index contributed by atoms with van der Waals surface area (Å²) in [5.41, 5.74) is 2.14. The highest BCUT2D eigenvalue weighted by Crippen LogP contribution is 2.29. The number of rotatable bonds is 6. The molecule has 0 aliphatic carbocycles. The third-order valence-electron chi connectivity index (χ3n) is 4.62. The lowest BCUT2D eigenvalue weighted by molar-refractivity contribution is 0.139. The van der Waals surface area contributed by atoms with Crippen LogP contribution < -0.4 is 5.32 Å². The number of fused-ring (bicyclic) bond motifs is 1. The molecule has 0 bridgehead atoms. The number of alkyl halides is 2. The number of anilines is 1. The predicted octanol–water partition coefficient (Wildman–Crippen LogP) is 6.41. The first kappa shape index (κ1) is 20.7. The molecule has 0 saturated heterocycles. The molecule has 2 heterocycles. The zero-order valence-electron chi connectivity index (χ0n) is 16.2. The van der Waals surface area contributed by atoms with Gasteiger partial charge in [0.15, 0.2) is 11.0 Å². The summed E-state index contributed by atoms with van der Waals surface area (Å²) < 4.78 is 29.9. The fraction of sp³-hybridized carbons (Fsp3) is 0.190. The van der Waals surface area contributed by atoms with Crippen molar-refractivity contribution in [3.8, 4) is 5.82 Å². The lowest BCUT2D eigenvalue weighted by atomic mass is 10.1. The van der Waals surface area contributed by atoms with Gasteiger partial charge in [0.05, 0.1) is 11.0 Å². The number of nitrogens with zero attached hydrogens (tertiary/aromatic N) is 4. The molecule has 0 aliphatic heterocycles. The molecule has 0 saturated carbocycles. The Labute approximate surface area is 185 Å². The first-order valence-electron chi connectivity index (χ1n) is 9.17. The number of imidazole rings is 1. The molecule has 4 aromatic rings. The average Bonchev–Trinajstić information content (AvgIpc) is 3.14. The lowest BCUT2D eigenvalue weighted by Crippen LogP contribution is -2.11. The van der Waals surface area contributed by atoms with Crippen molar-refractivity contribution in [1.82, 2.24) is 19.5 Å². The maximum absolute atomic E-state index is 13.7. The Kier molecular flexibility index (Phi) is 6.01. The van der Waals surface area contributed by atoms with Crippen LogP contribution in [0.5, 0.6) is 0 Å². The van der Waals surface area contributed by atoms with E-state index in [1.54, 1.807) is 30.3 Å². The number of nitrogens with one attached hydrogen (secondary N) is 1. The molecule has 0 amide bonds. The molecule has 0 aliphatic rings. The molecule has 1 N–H and O–H groups in total. The van der Waals surface area contributed by atoms with Crippen LogP contribution in [0, 0.1) is 0 Å². The highest BCUT2D eigenvalue weighted by atomic mass is 79.9. The van der Waals surface area contributed by atoms with Gasteiger partial charge in [0.1, 0.15) is 11.6 Å². The molecule has 9 heteroatoms. The van der Waals surface area contributed by atoms with E-state index in [1.165, 1.54) is 16.3 Å². The molecule has 1 atom stereocenters. The first-order chi connectivity index (χ1) is 14.5. The number of hydrogen-bond donors (Lipinski definition) is 1. The van der Waals surface area contributed by atoms with Crippen LogP contribution in [0.4, 0.5) is 14.6 Å². The van der Waals surface area contributed by atoms with Crippen molar-refractivity contribution >= 4 is 44.5 Å². The van der Waals surface area contributed by atoms with Crippen LogP contribution in [0.15, 0.2) is 64.2 Å². The molecule has 0 radical (unpaired) electrons. The fourth-order valence-electron chi connectivity index (χ4n) is 3.18.